The Kier molecular flexibility index (Phi) is 7.19. The lowest BCUT2D eigenvalue weighted by Crippen LogP contribution is -2.52. The molecule has 212 valence electrons. The van der Waals surface area contributed by atoms with Crippen LogP contribution in [0.5, 0.6) is 0 Å². The minimum absolute atomic E-state index is 0.146. The summed E-state index contributed by atoms with van der Waals surface area (Å²) in [5.74, 6) is -0.966. The fourth-order valence-electron chi connectivity index (χ4n) is 6.68. The summed E-state index contributed by atoms with van der Waals surface area (Å²) in [6, 6.07) is -0.694. The molecule has 4 aliphatic heterocycles. The van der Waals surface area contributed by atoms with Gasteiger partial charge in [0.15, 0.2) is 11.6 Å². The molecule has 0 aliphatic carbocycles. The summed E-state index contributed by atoms with van der Waals surface area (Å²) in [4.78, 5) is 57.1. The zero-order valence-electron chi connectivity index (χ0n) is 24.0. The lowest BCUT2D eigenvalue weighted by Gasteiger charge is -2.34. The van der Waals surface area contributed by atoms with Gasteiger partial charge in [0.2, 0.25) is 11.8 Å². The van der Waals surface area contributed by atoms with E-state index in [1.54, 1.807) is 58.3 Å². The van der Waals surface area contributed by atoms with Crippen LogP contribution in [-0.4, -0.2) is 78.8 Å². The van der Waals surface area contributed by atoms with Crippen LogP contribution in [0.1, 0.15) is 74.7 Å². The number of amides is 2. The number of hydrogen-bond donors (Lipinski definition) is 4. The van der Waals surface area contributed by atoms with E-state index in [-0.39, 0.29) is 53.2 Å². The second-order valence-corrected chi connectivity index (χ2v) is 12.2. The standard InChI is InChI=1S/C29H40N4O6/c1-14(2)9-22(36)30-26-19(25(39)29(8)21(35)11-16(5)32(26)29)12-18-24(38)28(7)13-20(34)17(6)33(28)27(18)31-23(37)10-15(3)4/h9-10,16-17,20-21,34-35H,11-13H2,1-8H3,(H,30,36)(H,31,37)/t16-,17+,20+,21-,28-,29-/m1/s1. The fourth-order valence-corrected chi connectivity index (χ4v) is 6.68. The summed E-state index contributed by atoms with van der Waals surface area (Å²) in [5.41, 5.74) is -0.409. The number of allylic oxidation sites excluding steroid dienone is 2. The van der Waals surface area contributed by atoms with E-state index < -0.39 is 41.1 Å². The number of rotatable bonds is 6. The van der Waals surface area contributed by atoms with E-state index in [0.717, 1.165) is 11.1 Å². The van der Waals surface area contributed by atoms with Crippen LogP contribution in [0.3, 0.4) is 0 Å². The van der Waals surface area contributed by atoms with E-state index in [2.05, 4.69) is 10.6 Å². The molecule has 4 rings (SSSR count). The van der Waals surface area contributed by atoms with Crippen LogP contribution in [-0.2, 0) is 19.2 Å². The van der Waals surface area contributed by atoms with Gasteiger partial charge in [-0.1, -0.05) is 11.1 Å². The highest BCUT2D eigenvalue weighted by atomic mass is 16.3. The van der Waals surface area contributed by atoms with Crippen LogP contribution in [0, 0.1) is 0 Å². The Morgan fingerprint density at radius 3 is 1.90 bits per heavy atom. The van der Waals surface area contributed by atoms with Crippen molar-refractivity contribution in [3.63, 3.8) is 0 Å². The summed E-state index contributed by atoms with van der Waals surface area (Å²) >= 11 is 0. The largest absolute Gasteiger partial charge is 0.391 e. The summed E-state index contributed by atoms with van der Waals surface area (Å²) < 4.78 is 0. The van der Waals surface area contributed by atoms with Crippen molar-refractivity contribution < 1.29 is 29.4 Å². The Bertz CT molecular complexity index is 1270. The first-order chi connectivity index (χ1) is 18.0. The molecule has 10 heteroatoms. The average molecular weight is 541 g/mol. The van der Waals surface area contributed by atoms with Crippen molar-refractivity contribution in [1.82, 2.24) is 20.4 Å². The molecule has 0 spiro atoms. The van der Waals surface area contributed by atoms with Gasteiger partial charge in [-0.25, -0.2) is 0 Å². The summed E-state index contributed by atoms with van der Waals surface area (Å²) in [5, 5.41) is 27.3. The molecule has 4 aliphatic rings. The fraction of sp³-hybridized carbons (Fsp3) is 0.586. The molecule has 2 fully saturated rings. The number of ketones is 2. The third-order valence-electron chi connectivity index (χ3n) is 8.48. The number of aliphatic hydroxyl groups excluding tert-OH is 2. The highest BCUT2D eigenvalue weighted by Crippen LogP contribution is 2.49. The van der Waals surface area contributed by atoms with Crippen LogP contribution >= 0.6 is 0 Å². The molecule has 0 aromatic carbocycles. The number of carbonyl (C=O) groups excluding carboxylic acids is 4. The van der Waals surface area contributed by atoms with Gasteiger partial charge in [-0.3, -0.25) is 19.2 Å². The number of carbonyl (C=O) groups is 4. The molecule has 10 nitrogen and oxygen atoms in total. The lowest BCUT2D eigenvalue weighted by atomic mass is 9.85. The molecule has 0 aromatic rings. The molecule has 2 saturated heterocycles. The Morgan fingerprint density at radius 2 is 1.38 bits per heavy atom. The van der Waals surface area contributed by atoms with Crippen LogP contribution in [0.2, 0.25) is 0 Å². The van der Waals surface area contributed by atoms with Crippen molar-refractivity contribution in [2.45, 2.75) is 110 Å². The molecule has 4 heterocycles. The second-order valence-electron chi connectivity index (χ2n) is 12.2. The number of fused-ring (bicyclic) bond motifs is 2. The molecule has 0 saturated carbocycles. The minimum atomic E-state index is -1.29. The number of nitrogens with one attached hydrogen (secondary N) is 2. The number of aliphatic hydroxyl groups is 2. The van der Waals surface area contributed by atoms with Crippen molar-refractivity contribution >= 4 is 23.4 Å². The molecule has 6 atom stereocenters. The van der Waals surface area contributed by atoms with Crippen LogP contribution in [0.15, 0.2) is 46.1 Å². The Labute approximate surface area is 229 Å². The van der Waals surface area contributed by atoms with Crippen molar-refractivity contribution in [2.24, 2.45) is 0 Å². The normalized spacial score (nSPS) is 33.5. The van der Waals surface area contributed by atoms with E-state index in [9.17, 15) is 29.4 Å². The summed E-state index contributed by atoms with van der Waals surface area (Å²) in [6.07, 6.45) is 1.48. The topological polar surface area (TPSA) is 139 Å². The maximum Gasteiger partial charge on any atom is 0.249 e. The van der Waals surface area contributed by atoms with Crippen molar-refractivity contribution in [2.75, 3.05) is 0 Å². The quantitative estimate of drug-likeness (QED) is 0.372. The molecule has 0 aromatic heterocycles. The van der Waals surface area contributed by atoms with E-state index in [0.29, 0.717) is 6.42 Å². The molecule has 0 bridgehead atoms. The first-order valence-electron chi connectivity index (χ1n) is 13.5. The van der Waals surface area contributed by atoms with Gasteiger partial charge in [-0.2, -0.15) is 0 Å². The van der Waals surface area contributed by atoms with Crippen LogP contribution < -0.4 is 10.6 Å². The SMILES string of the molecule is CC(C)=CC(=O)NC1=C(CC2=C(NC(=O)C=C(C)C)N3[C@@H](C)[C@@H](O)C[C@]3(C)C2=O)C(=O)[C@@]2(C)[C@H](O)C[C@@H](C)N12. The van der Waals surface area contributed by atoms with Gasteiger partial charge in [0.1, 0.15) is 22.7 Å². The van der Waals surface area contributed by atoms with Gasteiger partial charge in [0, 0.05) is 42.2 Å². The second kappa shape index (κ2) is 9.75. The van der Waals surface area contributed by atoms with Crippen LogP contribution in [0.25, 0.3) is 0 Å². The summed E-state index contributed by atoms with van der Waals surface area (Å²) in [6.45, 7) is 14.2. The zero-order valence-corrected chi connectivity index (χ0v) is 24.0. The molecular formula is C29H40N4O6. The molecule has 0 unspecified atom stereocenters. The van der Waals surface area contributed by atoms with Gasteiger partial charge < -0.3 is 30.6 Å². The Balaban J connectivity index is 1.86. The molecule has 39 heavy (non-hydrogen) atoms. The zero-order chi connectivity index (χ0) is 29.2. The lowest BCUT2D eigenvalue weighted by molar-refractivity contribution is -0.126. The van der Waals surface area contributed by atoms with Crippen molar-refractivity contribution in [3.05, 3.63) is 46.1 Å². The maximum absolute atomic E-state index is 14.0. The third-order valence-corrected chi connectivity index (χ3v) is 8.48. The van der Waals surface area contributed by atoms with Crippen molar-refractivity contribution in [1.29, 1.82) is 0 Å². The monoisotopic (exact) mass is 540 g/mol. The Hall–Kier alpha value is -3.24. The minimum Gasteiger partial charge on any atom is -0.391 e. The predicted molar refractivity (Wildman–Crippen MR) is 144 cm³/mol. The van der Waals surface area contributed by atoms with Gasteiger partial charge in [0.05, 0.1) is 18.2 Å². The van der Waals surface area contributed by atoms with Gasteiger partial charge in [-0.05, 0) is 61.8 Å². The number of hydrogen-bond acceptors (Lipinski definition) is 8. The molecule has 4 N–H and O–H groups in total. The highest BCUT2D eigenvalue weighted by Gasteiger charge is 2.62. The predicted octanol–water partition coefficient (Wildman–Crippen LogP) is 1.56. The third kappa shape index (κ3) is 4.43. The van der Waals surface area contributed by atoms with Gasteiger partial charge in [0.25, 0.3) is 0 Å². The van der Waals surface area contributed by atoms with E-state index >= 15 is 0 Å². The first-order valence-corrected chi connectivity index (χ1v) is 13.5. The Morgan fingerprint density at radius 1 is 0.897 bits per heavy atom. The van der Waals surface area contributed by atoms with Gasteiger partial charge in [-0.15, -0.1) is 0 Å². The first kappa shape index (κ1) is 28.8. The van der Waals surface area contributed by atoms with Crippen molar-refractivity contribution in [3.8, 4) is 0 Å². The number of Topliss-reactive ketones (excluding diaryl/α,β-unsaturated/α-hetero) is 2. The summed E-state index contributed by atoms with van der Waals surface area (Å²) in [7, 11) is 0. The molecular weight excluding hydrogens is 500 g/mol. The molecule has 2 amide bonds. The van der Waals surface area contributed by atoms with E-state index in [1.807, 2.05) is 6.92 Å². The van der Waals surface area contributed by atoms with E-state index in [1.165, 1.54) is 12.2 Å². The molecule has 0 radical (unpaired) electrons. The number of nitrogens with zero attached hydrogens (tertiary/aromatic N) is 2. The highest BCUT2D eigenvalue weighted by molar-refractivity contribution is 6.12. The smallest absolute Gasteiger partial charge is 0.249 e. The maximum atomic E-state index is 14.0. The van der Waals surface area contributed by atoms with Gasteiger partial charge >= 0.3 is 0 Å². The van der Waals surface area contributed by atoms with E-state index in [4.69, 9.17) is 0 Å². The average Bonchev–Trinajstić information content (AvgIpc) is 3.33. The van der Waals surface area contributed by atoms with Crippen LogP contribution in [0.4, 0.5) is 0 Å².